The SMILES string of the molecule is C=C(C)C(O)c1cccc2cccnc12. The first-order valence-corrected chi connectivity index (χ1v) is 4.87. The zero-order valence-corrected chi connectivity index (χ0v) is 8.64. The monoisotopic (exact) mass is 199 g/mol. The van der Waals surface area contributed by atoms with Crippen LogP contribution < -0.4 is 0 Å². The number of pyridine rings is 1. The molecule has 0 fully saturated rings. The van der Waals surface area contributed by atoms with Gasteiger partial charge in [0.1, 0.15) is 6.10 Å². The Bertz CT molecular complexity index is 499. The third-order valence-corrected chi connectivity index (χ3v) is 2.43. The van der Waals surface area contributed by atoms with E-state index in [4.69, 9.17) is 0 Å². The quantitative estimate of drug-likeness (QED) is 0.754. The Kier molecular flexibility index (Phi) is 2.52. The molecular formula is C13H13NO. The van der Waals surface area contributed by atoms with Gasteiger partial charge in [-0.25, -0.2) is 0 Å². The van der Waals surface area contributed by atoms with Crippen molar-refractivity contribution in [3.8, 4) is 0 Å². The van der Waals surface area contributed by atoms with Crippen LogP contribution in [0, 0.1) is 0 Å². The molecule has 0 aliphatic heterocycles. The lowest BCUT2D eigenvalue weighted by Gasteiger charge is -2.12. The predicted molar refractivity (Wildman–Crippen MR) is 61.5 cm³/mol. The molecule has 0 radical (unpaired) electrons. The molecular weight excluding hydrogens is 186 g/mol. The fourth-order valence-electron chi connectivity index (χ4n) is 1.61. The molecule has 2 rings (SSSR count). The van der Waals surface area contributed by atoms with Gasteiger partial charge in [-0.05, 0) is 18.6 Å². The van der Waals surface area contributed by atoms with Crippen LogP contribution in [0.15, 0.2) is 48.7 Å². The van der Waals surface area contributed by atoms with E-state index in [1.807, 2.05) is 37.3 Å². The summed E-state index contributed by atoms with van der Waals surface area (Å²) in [5.41, 5.74) is 2.39. The summed E-state index contributed by atoms with van der Waals surface area (Å²) in [5, 5.41) is 11.0. The molecule has 0 spiro atoms. The second-order valence-corrected chi connectivity index (χ2v) is 3.67. The lowest BCUT2D eigenvalue weighted by Crippen LogP contribution is -1.99. The standard InChI is InChI=1S/C13H13NO/c1-9(2)13(15)11-7-3-5-10-6-4-8-14-12(10)11/h3-8,13,15H,1H2,2H3. The third-order valence-electron chi connectivity index (χ3n) is 2.43. The number of hydrogen-bond donors (Lipinski definition) is 1. The van der Waals surface area contributed by atoms with E-state index >= 15 is 0 Å². The van der Waals surface area contributed by atoms with Crippen molar-refractivity contribution in [2.75, 3.05) is 0 Å². The molecule has 1 unspecified atom stereocenters. The van der Waals surface area contributed by atoms with Crippen LogP contribution >= 0.6 is 0 Å². The molecule has 1 aromatic carbocycles. The molecule has 1 N–H and O–H groups in total. The van der Waals surface area contributed by atoms with E-state index in [2.05, 4.69) is 11.6 Å². The molecule has 1 aromatic heterocycles. The van der Waals surface area contributed by atoms with E-state index in [-0.39, 0.29) is 0 Å². The minimum atomic E-state index is -0.636. The van der Waals surface area contributed by atoms with Gasteiger partial charge in [0, 0.05) is 17.1 Å². The van der Waals surface area contributed by atoms with Gasteiger partial charge in [0.2, 0.25) is 0 Å². The van der Waals surface area contributed by atoms with Crippen molar-refractivity contribution < 1.29 is 5.11 Å². The van der Waals surface area contributed by atoms with Crippen LogP contribution in [-0.2, 0) is 0 Å². The average Bonchev–Trinajstić information content (AvgIpc) is 2.27. The molecule has 0 saturated heterocycles. The summed E-state index contributed by atoms with van der Waals surface area (Å²) < 4.78 is 0. The van der Waals surface area contributed by atoms with Crippen molar-refractivity contribution in [1.29, 1.82) is 0 Å². The number of fused-ring (bicyclic) bond motifs is 1. The van der Waals surface area contributed by atoms with Crippen molar-refractivity contribution in [2.24, 2.45) is 0 Å². The molecule has 1 heterocycles. The van der Waals surface area contributed by atoms with Gasteiger partial charge in [0.15, 0.2) is 0 Å². The molecule has 15 heavy (non-hydrogen) atoms. The first kappa shape index (κ1) is 9.87. The van der Waals surface area contributed by atoms with Crippen LogP contribution in [-0.4, -0.2) is 10.1 Å². The average molecular weight is 199 g/mol. The number of hydrogen-bond acceptors (Lipinski definition) is 2. The van der Waals surface area contributed by atoms with E-state index in [1.165, 1.54) is 0 Å². The van der Waals surface area contributed by atoms with Crippen LogP contribution in [0.2, 0.25) is 0 Å². The van der Waals surface area contributed by atoms with Crippen LogP contribution in [0.5, 0.6) is 0 Å². The number of aliphatic hydroxyl groups excluding tert-OH is 1. The van der Waals surface area contributed by atoms with Gasteiger partial charge < -0.3 is 5.11 Å². The van der Waals surface area contributed by atoms with Crippen LogP contribution in [0.1, 0.15) is 18.6 Å². The maximum atomic E-state index is 9.96. The molecule has 76 valence electrons. The van der Waals surface area contributed by atoms with E-state index in [0.29, 0.717) is 0 Å². The summed E-state index contributed by atoms with van der Waals surface area (Å²) in [6, 6.07) is 9.66. The van der Waals surface area contributed by atoms with Gasteiger partial charge in [0.05, 0.1) is 5.52 Å². The summed E-state index contributed by atoms with van der Waals surface area (Å²) in [5.74, 6) is 0. The Morgan fingerprint density at radius 2 is 2.07 bits per heavy atom. The Balaban J connectivity index is 2.65. The zero-order chi connectivity index (χ0) is 10.8. The highest BCUT2D eigenvalue weighted by atomic mass is 16.3. The summed E-state index contributed by atoms with van der Waals surface area (Å²) in [6.45, 7) is 5.57. The lowest BCUT2D eigenvalue weighted by molar-refractivity contribution is 0.217. The smallest absolute Gasteiger partial charge is 0.102 e. The minimum absolute atomic E-state index is 0.636. The first-order valence-electron chi connectivity index (χ1n) is 4.87. The zero-order valence-electron chi connectivity index (χ0n) is 8.64. The van der Waals surface area contributed by atoms with E-state index in [9.17, 15) is 5.11 Å². The lowest BCUT2D eigenvalue weighted by atomic mass is 10.0. The normalized spacial score (nSPS) is 12.7. The highest BCUT2D eigenvalue weighted by Gasteiger charge is 2.11. The van der Waals surface area contributed by atoms with Crippen LogP contribution in [0.3, 0.4) is 0 Å². The van der Waals surface area contributed by atoms with E-state index in [1.54, 1.807) is 6.20 Å². The third kappa shape index (κ3) is 1.76. The van der Waals surface area contributed by atoms with Crippen molar-refractivity contribution in [2.45, 2.75) is 13.0 Å². The van der Waals surface area contributed by atoms with Crippen LogP contribution in [0.4, 0.5) is 0 Å². The van der Waals surface area contributed by atoms with Crippen molar-refractivity contribution in [3.63, 3.8) is 0 Å². The van der Waals surface area contributed by atoms with Gasteiger partial charge in [-0.1, -0.05) is 30.8 Å². The first-order chi connectivity index (χ1) is 7.20. The van der Waals surface area contributed by atoms with Gasteiger partial charge in [-0.3, -0.25) is 4.98 Å². The maximum Gasteiger partial charge on any atom is 0.102 e. The minimum Gasteiger partial charge on any atom is -0.384 e. The number of nitrogens with zero attached hydrogens (tertiary/aromatic N) is 1. The maximum absolute atomic E-state index is 9.96. The Morgan fingerprint density at radius 3 is 2.80 bits per heavy atom. The predicted octanol–water partition coefficient (Wildman–Crippen LogP) is 2.84. The highest BCUT2D eigenvalue weighted by Crippen LogP contribution is 2.26. The second-order valence-electron chi connectivity index (χ2n) is 3.67. The van der Waals surface area contributed by atoms with Crippen molar-refractivity contribution in [1.82, 2.24) is 4.98 Å². The molecule has 2 nitrogen and oxygen atoms in total. The topological polar surface area (TPSA) is 33.1 Å². The molecule has 0 saturated carbocycles. The summed E-state index contributed by atoms with van der Waals surface area (Å²) in [6.07, 6.45) is 1.10. The molecule has 0 aliphatic carbocycles. The fraction of sp³-hybridized carbons (Fsp3) is 0.154. The van der Waals surface area contributed by atoms with E-state index < -0.39 is 6.10 Å². The Labute approximate surface area is 88.9 Å². The molecule has 0 amide bonds. The van der Waals surface area contributed by atoms with E-state index in [0.717, 1.165) is 22.0 Å². The van der Waals surface area contributed by atoms with Crippen molar-refractivity contribution in [3.05, 3.63) is 54.2 Å². The fourth-order valence-corrected chi connectivity index (χ4v) is 1.61. The summed E-state index contributed by atoms with van der Waals surface area (Å²) in [7, 11) is 0. The van der Waals surface area contributed by atoms with Crippen LogP contribution in [0.25, 0.3) is 10.9 Å². The summed E-state index contributed by atoms with van der Waals surface area (Å²) in [4.78, 5) is 4.28. The van der Waals surface area contributed by atoms with Gasteiger partial charge >= 0.3 is 0 Å². The largest absolute Gasteiger partial charge is 0.384 e. The molecule has 2 aromatic rings. The van der Waals surface area contributed by atoms with Gasteiger partial charge in [0.25, 0.3) is 0 Å². The Morgan fingerprint density at radius 1 is 1.33 bits per heavy atom. The molecule has 0 bridgehead atoms. The molecule has 2 heteroatoms. The second kappa shape index (κ2) is 3.83. The number of para-hydroxylation sites is 1. The summed E-state index contributed by atoms with van der Waals surface area (Å²) >= 11 is 0. The van der Waals surface area contributed by atoms with Gasteiger partial charge in [-0.2, -0.15) is 0 Å². The number of rotatable bonds is 2. The Hall–Kier alpha value is -1.67. The van der Waals surface area contributed by atoms with Gasteiger partial charge in [-0.15, -0.1) is 0 Å². The molecule has 0 aliphatic rings. The number of aliphatic hydroxyl groups is 1. The number of benzene rings is 1. The highest BCUT2D eigenvalue weighted by molar-refractivity contribution is 5.82. The number of aromatic nitrogens is 1. The van der Waals surface area contributed by atoms with Crippen molar-refractivity contribution >= 4 is 10.9 Å². The molecule has 1 atom stereocenters.